The number of carbonyl (C=O) groups is 2. The lowest BCUT2D eigenvalue weighted by Crippen LogP contribution is -2.15. The van der Waals surface area contributed by atoms with E-state index in [2.05, 4.69) is 5.32 Å². The lowest BCUT2D eigenvalue weighted by Gasteiger charge is -2.02. The van der Waals surface area contributed by atoms with Gasteiger partial charge in [0, 0.05) is 5.69 Å². The van der Waals surface area contributed by atoms with Crippen molar-refractivity contribution in [2.45, 2.75) is 0 Å². The number of carboxylic acids is 1. The number of carboxylic acid groups (broad SMARTS) is 1. The van der Waals surface area contributed by atoms with Crippen molar-refractivity contribution in [2.75, 3.05) is 11.9 Å². The summed E-state index contributed by atoms with van der Waals surface area (Å²) < 4.78 is 0. The molecule has 14 heavy (non-hydrogen) atoms. The maximum Gasteiger partial charge on any atom is 0.335 e. The van der Waals surface area contributed by atoms with E-state index >= 15 is 0 Å². The molecule has 0 aliphatic heterocycles. The molecule has 1 aromatic rings. The quantitative estimate of drug-likeness (QED) is 0.648. The fourth-order valence-corrected chi connectivity index (χ4v) is 0.897. The predicted molar refractivity (Wildman–Crippen MR) is 49.1 cm³/mol. The fraction of sp³-hybridized carbons (Fsp3) is 0.111. The molecule has 0 aliphatic rings. The summed E-state index contributed by atoms with van der Waals surface area (Å²) in [6.45, 7) is -0.597. The number of aromatic carboxylic acids is 1. The second kappa shape index (κ2) is 4.38. The average Bonchev–Trinajstić information content (AvgIpc) is 2.18. The Balaban J connectivity index is 2.73. The number of aliphatic hydroxyl groups is 1. The zero-order valence-corrected chi connectivity index (χ0v) is 7.23. The van der Waals surface area contributed by atoms with Crippen molar-refractivity contribution in [1.29, 1.82) is 0 Å². The molecule has 74 valence electrons. The molecule has 0 heterocycles. The van der Waals surface area contributed by atoms with Gasteiger partial charge in [-0.2, -0.15) is 0 Å². The van der Waals surface area contributed by atoms with Gasteiger partial charge in [0.1, 0.15) is 6.61 Å². The van der Waals surface area contributed by atoms with Gasteiger partial charge in [0.15, 0.2) is 0 Å². The number of benzene rings is 1. The Morgan fingerprint density at radius 3 is 2.21 bits per heavy atom. The van der Waals surface area contributed by atoms with Crippen molar-refractivity contribution in [3.8, 4) is 0 Å². The zero-order chi connectivity index (χ0) is 10.6. The molecule has 0 fully saturated rings. The molecular formula is C9H9NO4. The van der Waals surface area contributed by atoms with Gasteiger partial charge in [0.25, 0.3) is 0 Å². The molecule has 0 aliphatic carbocycles. The molecule has 1 aromatic carbocycles. The minimum Gasteiger partial charge on any atom is -0.478 e. The van der Waals surface area contributed by atoms with E-state index in [1.54, 1.807) is 0 Å². The van der Waals surface area contributed by atoms with Crippen LogP contribution in [0, 0.1) is 0 Å². The highest BCUT2D eigenvalue weighted by atomic mass is 16.4. The monoisotopic (exact) mass is 195 g/mol. The van der Waals surface area contributed by atoms with Crippen molar-refractivity contribution in [3.63, 3.8) is 0 Å². The average molecular weight is 195 g/mol. The van der Waals surface area contributed by atoms with Crippen molar-refractivity contribution < 1.29 is 19.8 Å². The molecule has 0 atom stereocenters. The van der Waals surface area contributed by atoms with E-state index < -0.39 is 18.5 Å². The molecule has 3 N–H and O–H groups in total. The fourth-order valence-electron chi connectivity index (χ4n) is 0.897. The van der Waals surface area contributed by atoms with Crippen LogP contribution in [0.3, 0.4) is 0 Å². The molecule has 5 nitrogen and oxygen atoms in total. The lowest BCUT2D eigenvalue weighted by molar-refractivity contribution is -0.118. The minimum atomic E-state index is -1.02. The van der Waals surface area contributed by atoms with Crippen LogP contribution in [0.4, 0.5) is 5.69 Å². The van der Waals surface area contributed by atoms with Crippen LogP contribution in [-0.4, -0.2) is 28.7 Å². The molecule has 1 rings (SSSR count). The third-order valence-electron chi connectivity index (χ3n) is 1.56. The van der Waals surface area contributed by atoms with Gasteiger partial charge in [-0.3, -0.25) is 4.79 Å². The van der Waals surface area contributed by atoms with Crippen molar-refractivity contribution in [3.05, 3.63) is 29.8 Å². The summed E-state index contributed by atoms with van der Waals surface area (Å²) in [5.41, 5.74) is 0.598. The summed E-state index contributed by atoms with van der Waals surface area (Å²) in [4.78, 5) is 21.2. The highest BCUT2D eigenvalue weighted by Gasteiger charge is 2.03. The van der Waals surface area contributed by atoms with Gasteiger partial charge in [-0.05, 0) is 24.3 Å². The van der Waals surface area contributed by atoms with Gasteiger partial charge in [0.2, 0.25) is 5.91 Å². The van der Waals surface area contributed by atoms with Crippen LogP contribution in [0.2, 0.25) is 0 Å². The first-order valence-electron chi connectivity index (χ1n) is 3.87. The van der Waals surface area contributed by atoms with Crippen LogP contribution in [0.5, 0.6) is 0 Å². The van der Waals surface area contributed by atoms with E-state index in [9.17, 15) is 9.59 Å². The summed E-state index contributed by atoms with van der Waals surface area (Å²) in [5, 5.41) is 19.4. The second-order valence-electron chi connectivity index (χ2n) is 2.59. The van der Waals surface area contributed by atoms with Gasteiger partial charge >= 0.3 is 5.97 Å². The first-order valence-corrected chi connectivity index (χ1v) is 3.87. The van der Waals surface area contributed by atoms with E-state index in [-0.39, 0.29) is 5.56 Å². The van der Waals surface area contributed by atoms with Crippen LogP contribution in [0.1, 0.15) is 10.4 Å². The molecule has 0 aromatic heterocycles. The molecule has 0 saturated carbocycles. The number of nitrogens with one attached hydrogen (secondary N) is 1. The minimum absolute atomic E-state index is 0.145. The van der Waals surface area contributed by atoms with Crippen LogP contribution >= 0.6 is 0 Å². The lowest BCUT2D eigenvalue weighted by atomic mass is 10.2. The number of hydrogen-bond donors (Lipinski definition) is 3. The molecule has 0 bridgehead atoms. The molecule has 0 unspecified atom stereocenters. The van der Waals surface area contributed by atoms with Gasteiger partial charge in [0.05, 0.1) is 5.56 Å². The molecule has 0 saturated heterocycles. The smallest absolute Gasteiger partial charge is 0.335 e. The van der Waals surface area contributed by atoms with E-state index in [0.717, 1.165) is 0 Å². The summed E-state index contributed by atoms with van der Waals surface area (Å²) in [6, 6.07) is 5.65. The van der Waals surface area contributed by atoms with Crippen molar-refractivity contribution in [2.24, 2.45) is 0 Å². The number of hydrogen-bond acceptors (Lipinski definition) is 3. The molecule has 5 heteroatoms. The SMILES string of the molecule is O=C(CO)Nc1ccc(C(=O)O)cc1. The van der Waals surface area contributed by atoms with E-state index in [1.807, 2.05) is 0 Å². The van der Waals surface area contributed by atoms with E-state index in [4.69, 9.17) is 10.2 Å². The summed E-state index contributed by atoms with van der Waals surface area (Å²) in [6.07, 6.45) is 0. The summed E-state index contributed by atoms with van der Waals surface area (Å²) >= 11 is 0. The van der Waals surface area contributed by atoms with Gasteiger partial charge < -0.3 is 15.5 Å². The highest BCUT2D eigenvalue weighted by molar-refractivity contribution is 5.92. The number of carbonyl (C=O) groups excluding carboxylic acids is 1. The van der Waals surface area contributed by atoms with E-state index in [1.165, 1.54) is 24.3 Å². The Morgan fingerprint density at radius 1 is 1.21 bits per heavy atom. The summed E-state index contributed by atoms with van der Waals surface area (Å²) in [5.74, 6) is -1.56. The van der Waals surface area contributed by atoms with Crippen LogP contribution in [-0.2, 0) is 4.79 Å². The standard InChI is InChI=1S/C9H9NO4/c11-5-8(12)10-7-3-1-6(2-4-7)9(13)14/h1-4,11H,5H2,(H,10,12)(H,13,14). The highest BCUT2D eigenvalue weighted by Crippen LogP contribution is 2.08. The molecule has 1 amide bonds. The van der Waals surface area contributed by atoms with Crippen LogP contribution in [0.25, 0.3) is 0 Å². The second-order valence-corrected chi connectivity index (χ2v) is 2.59. The first-order chi connectivity index (χ1) is 6.63. The number of amides is 1. The third kappa shape index (κ3) is 2.56. The molecule has 0 spiro atoms. The van der Waals surface area contributed by atoms with Crippen molar-refractivity contribution >= 4 is 17.6 Å². The zero-order valence-electron chi connectivity index (χ0n) is 7.23. The largest absolute Gasteiger partial charge is 0.478 e. The van der Waals surface area contributed by atoms with E-state index in [0.29, 0.717) is 5.69 Å². The number of rotatable bonds is 3. The topological polar surface area (TPSA) is 86.6 Å². The third-order valence-corrected chi connectivity index (χ3v) is 1.56. The number of anilines is 1. The van der Waals surface area contributed by atoms with Gasteiger partial charge in [-0.1, -0.05) is 0 Å². The molecule has 0 radical (unpaired) electrons. The van der Waals surface area contributed by atoms with Gasteiger partial charge in [-0.15, -0.1) is 0 Å². The Kier molecular flexibility index (Phi) is 3.19. The Hall–Kier alpha value is -1.88. The van der Waals surface area contributed by atoms with Crippen LogP contribution in [0.15, 0.2) is 24.3 Å². The number of aliphatic hydroxyl groups excluding tert-OH is 1. The Morgan fingerprint density at radius 2 is 1.79 bits per heavy atom. The maximum atomic E-state index is 10.7. The van der Waals surface area contributed by atoms with Crippen molar-refractivity contribution in [1.82, 2.24) is 0 Å². The predicted octanol–water partition coefficient (Wildman–Crippen LogP) is 0.316. The Labute approximate surface area is 80.0 Å². The summed E-state index contributed by atoms with van der Waals surface area (Å²) in [7, 11) is 0. The van der Waals surface area contributed by atoms with Gasteiger partial charge in [-0.25, -0.2) is 4.79 Å². The molecular weight excluding hydrogens is 186 g/mol. The van der Waals surface area contributed by atoms with Crippen LogP contribution < -0.4 is 5.32 Å². The Bertz CT molecular complexity index is 344. The normalized spacial score (nSPS) is 9.50. The maximum absolute atomic E-state index is 10.7. The first kappa shape index (κ1) is 10.2.